The molecule has 92 valence electrons. The van der Waals surface area contributed by atoms with Crippen LogP contribution < -0.4 is 0 Å². The Labute approximate surface area is 97.9 Å². The Kier molecular flexibility index (Phi) is 3.65. The number of rotatable bonds is 3. The molecule has 0 bridgehead atoms. The van der Waals surface area contributed by atoms with Gasteiger partial charge in [-0.3, -0.25) is 15.0 Å². The zero-order valence-corrected chi connectivity index (χ0v) is 9.26. The lowest BCUT2D eigenvalue weighted by Gasteiger charge is -2.26. The molecule has 5 nitrogen and oxygen atoms in total. The first-order valence-corrected chi connectivity index (χ1v) is 5.40. The number of hydrogen-bond acceptors (Lipinski definition) is 4. The van der Waals surface area contributed by atoms with E-state index in [0.29, 0.717) is 38.4 Å². The molecule has 0 aliphatic carbocycles. The van der Waals surface area contributed by atoms with Crippen LogP contribution in [0, 0.1) is 15.9 Å². The Morgan fingerprint density at radius 3 is 2.76 bits per heavy atom. The first-order valence-electron chi connectivity index (χ1n) is 5.40. The van der Waals surface area contributed by atoms with Crippen LogP contribution in [0.3, 0.4) is 0 Å². The second-order valence-corrected chi connectivity index (χ2v) is 3.92. The molecule has 2 rings (SSSR count). The quantitative estimate of drug-likeness (QED) is 0.594. The maximum absolute atomic E-state index is 13.1. The van der Waals surface area contributed by atoms with Gasteiger partial charge >= 0.3 is 0 Å². The number of hydrogen-bond donors (Lipinski definition) is 0. The summed E-state index contributed by atoms with van der Waals surface area (Å²) >= 11 is 0. The predicted molar refractivity (Wildman–Crippen MR) is 59.2 cm³/mol. The van der Waals surface area contributed by atoms with Crippen LogP contribution in [0.5, 0.6) is 0 Å². The van der Waals surface area contributed by atoms with Crippen LogP contribution in [0.4, 0.5) is 10.1 Å². The van der Waals surface area contributed by atoms with Crippen molar-refractivity contribution >= 4 is 5.69 Å². The lowest BCUT2D eigenvalue weighted by atomic mass is 10.1. The van der Waals surface area contributed by atoms with Crippen LogP contribution in [0.1, 0.15) is 5.56 Å². The number of nitrogens with zero attached hydrogens (tertiary/aromatic N) is 2. The van der Waals surface area contributed by atoms with E-state index in [1.165, 1.54) is 12.1 Å². The molecule has 1 heterocycles. The van der Waals surface area contributed by atoms with Crippen LogP contribution in [-0.4, -0.2) is 36.1 Å². The first-order chi connectivity index (χ1) is 8.16. The summed E-state index contributed by atoms with van der Waals surface area (Å²) in [5.41, 5.74) is 0.384. The molecule has 1 aliphatic rings. The highest BCUT2D eigenvalue weighted by Gasteiger charge is 2.18. The smallest absolute Gasteiger partial charge is 0.274 e. The largest absolute Gasteiger partial charge is 0.379 e. The topological polar surface area (TPSA) is 55.6 Å². The third kappa shape index (κ3) is 2.98. The van der Waals surface area contributed by atoms with Gasteiger partial charge in [-0.25, -0.2) is 4.39 Å². The standard InChI is InChI=1S/C11H13FN2O3/c12-10-1-2-11(14(15)16)9(7-10)8-13-3-5-17-6-4-13/h1-2,7H,3-6,8H2. The van der Waals surface area contributed by atoms with E-state index in [-0.39, 0.29) is 5.69 Å². The van der Waals surface area contributed by atoms with Crippen LogP contribution >= 0.6 is 0 Å². The third-order valence-corrected chi connectivity index (χ3v) is 2.74. The van der Waals surface area contributed by atoms with E-state index in [9.17, 15) is 14.5 Å². The van der Waals surface area contributed by atoms with Gasteiger partial charge in [0.15, 0.2) is 0 Å². The average molecular weight is 240 g/mol. The van der Waals surface area contributed by atoms with Crippen molar-refractivity contribution in [2.45, 2.75) is 6.54 Å². The van der Waals surface area contributed by atoms with Crippen molar-refractivity contribution in [1.29, 1.82) is 0 Å². The summed E-state index contributed by atoms with van der Waals surface area (Å²) in [4.78, 5) is 12.4. The molecule has 6 heteroatoms. The SMILES string of the molecule is O=[N+]([O-])c1ccc(F)cc1CN1CCOCC1. The van der Waals surface area contributed by atoms with E-state index in [4.69, 9.17) is 4.74 Å². The van der Waals surface area contributed by atoms with Gasteiger partial charge in [0.1, 0.15) is 5.82 Å². The Balaban J connectivity index is 2.17. The highest BCUT2D eigenvalue weighted by Crippen LogP contribution is 2.21. The summed E-state index contributed by atoms with van der Waals surface area (Å²) in [6.07, 6.45) is 0. The number of benzene rings is 1. The predicted octanol–water partition coefficient (Wildman–Crippen LogP) is 1.57. The van der Waals surface area contributed by atoms with E-state index < -0.39 is 10.7 Å². The second kappa shape index (κ2) is 5.20. The van der Waals surface area contributed by atoms with Gasteiger partial charge in [0.05, 0.1) is 18.1 Å². The van der Waals surface area contributed by atoms with Crippen LogP contribution in [0.15, 0.2) is 18.2 Å². The van der Waals surface area contributed by atoms with Crippen LogP contribution in [0.2, 0.25) is 0 Å². The number of nitro groups is 1. The average Bonchev–Trinajstić information content (AvgIpc) is 2.30. The molecular weight excluding hydrogens is 227 g/mol. The Morgan fingerprint density at radius 2 is 2.12 bits per heavy atom. The fraction of sp³-hybridized carbons (Fsp3) is 0.455. The minimum atomic E-state index is -0.477. The molecule has 1 aromatic rings. The summed E-state index contributed by atoms with van der Waals surface area (Å²) in [6, 6.07) is 3.56. The molecule has 0 aromatic heterocycles. The molecule has 1 fully saturated rings. The zero-order chi connectivity index (χ0) is 12.3. The third-order valence-electron chi connectivity index (χ3n) is 2.74. The van der Waals surface area contributed by atoms with Crippen LogP contribution in [-0.2, 0) is 11.3 Å². The van der Waals surface area contributed by atoms with Crippen LogP contribution in [0.25, 0.3) is 0 Å². The van der Waals surface area contributed by atoms with Gasteiger partial charge in [-0.15, -0.1) is 0 Å². The van der Waals surface area contributed by atoms with E-state index in [1.54, 1.807) is 0 Å². The van der Waals surface area contributed by atoms with Gasteiger partial charge in [-0.05, 0) is 12.1 Å². The molecule has 0 N–H and O–H groups in total. The summed E-state index contributed by atoms with van der Waals surface area (Å²) in [5.74, 6) is -0.446. The minimum Gasteiger partial charge on any atom is -0.379 e. The van der Waals surface area contributed by atoms with E-state index in [2.05, 4.69) is 0 Å². The molecule has 0 unspecified atom stereocenters. The van der Waals surface area contributed by atoms with E-state index >= 15 is 0 Å². The van der Waals surface area contributed by atoms with Crippen molar-refractivity contribution < 1.29 is 14.1 Å². The number of morpholine rings is 1. The van der Waals surface area contributed by atoms with Gasteiger partial charge in [0.25, 0.3) is 5.69 Å². The summed E-state index contributed by atoms with van der Waals surface area (Å²) < 4.78 is 18.3. The van der Waals surface area contributed by atoms with Gasteiger partial charge < -0.3 is 4.74 Å². The molecule has 1 aliphatic heterocycles. The molecule has 0 saturated carbocycles. The summed E-state index contributed by atoms with van der Waals surface area (Å²) in [6.45, 7) is 3.05. The van der Waals surface area contributed by atoms with Crippen molar-refractivity contribution in [3.8, 4) is 0 Å². The Morgan fingerprint density at radius 1 is 1.41 bits per heavy atom. The van der Waals surface area contributed by atoms with Gasteiger partial charge in [0.2, 0.25) is 0 Å². The lowest BCUT2D eigenvalue weighted by Crippen LogP contribution is -2.35. The summed E-state index contributed by atoms with van der Waals surface area (Å²) in [5, 5.41) is 10.8. The minimum absolute atomic E-state index is 0.0297. The van der Waals surface area contributed by atoms with Crippen molar-refractivity contribution in [2.24, 2.45) is 0 Å². The molecule has 0 amide bonds. The molecule has 1 saturated heterocycles. The van der Waals surface area contributed by atoms with E-state index in [0.717, 1.165) is 6.07 Å². The maximum Gasteiger partial charge on any atom is 0.274 e. The highest BCUT2D eigenvalue weighted by molar-refractivity contribution is 5.40. The van der Waals surface area contributed by atoms with Gasteiger partial charge in [0, 0.05) is 31.3 Å². The van der Waals surface area contributed by atoms with Gasteiger partial charge in [-0.2, -0.15) is 0 Å². The van der Waals surface area contributed by atoms with Crippen molar-refractivity contribution in [2.75, 3.05) is 26.3 Å². The first kappa shape index (κ1) is 11.9. The highest BCUT2D eigenvalue weighted by atomic mass is 19.1. The zero-order valence-electron chi connectivity index (χ0n) is 9.26. The molecular formula is C11H13FN2O3. The molecule has 0 atom stereocenters. The number of halogens is 1. The summed E-state index contributed by atoms with van der Waals surface area (Å²) in [7, 11) is 0. The van der Waals surface area contributed by atoms with Gasteiger partial charge in [-0.1, -0.05) is 0 Å². The lowest BCUT2D eigenvalue weighted by molar-refractivity contribution is -0.385. The van der Waals surface area contributed by atoms with Crippen molar-refractivity contribution in [3.63, 3.8) is 0 Å². The number of nitro benzene ring substituents is 1. The molecule has 17 heavy (non-hydrogen) atoms. The Hall–Kier alpha value is -1.53. The van der Waals surface area contributed by atoms with Crippen molar-refractivity contribution in [3.05, 3.63) is 39.7 Å². The second-order valence-electron chi connectivity index (χ2n) is 3.92. The maximum atomic E-state index is 13.1. The molecule has 0 spiro atoms. The molecule has 0 radical (unpaired) electrons. The number of ether oxygens (including phenoxy) is 1. The fourth-order valence-corrected chi connectivity index (χ4v) is 1.86. The monoisotopic (exact) mass is 240 g/mol. The van der Waals surface area contributed by atoms with E-state index in [1.807, 2.05) is 4.90 Å². The normalized spacial score (nSPS) is 17.0. The molecule has 1 aromatic carbocycles. The van der Waals surface area contributed by atoms with Crippen molar-refractivity contribution in [1.82, 2.24) is 4.90 Å². The fourth-order valence-electron chi connectivity index (χ4n) is 1.86. The Bertz CT molecular complexity index is 419.